The molecule has 0 saturated carbocycles. The Balaban J connectivity index is 2.35. The molecule has 0 aliphatic heterocycles. The van der Waals surface area contributed by atoms with Gasteiger partial charge in [0, 0.05) is 5.56 Å². The zero-order chi connectivity index (χ0) is 20.7. The van der Waals surface area contributed by atoms with Crippen LogP contribution in [0.25, 0.3) is 6.08 Å². The molecule has 150 valence electrons. The first-order chi connectivity index (χ1) is 13.5. The molecule has 6 nitrogen and oxygen atoms in total. The average Bonchev–Trinajstić information content (AvgIpc) is 2.72. The first-order valence-corrected chi connectivity index (χ1v) is 9.31. The SMILES string of the molecule is CCOc1c(Br)cc(C=CC(=O)c2cc(OC)c(OC)c(OC)c2)cc1OC. The third-order valence-corrected chi connectivity index (χ3v) is 4.51. The summed E-state index contributed by atoms with van der Waals surface area (Å²) in [5, 5.41) is 0. The second-order valence-corrected chi connectivity index (χ2v) is 6.43. The van der Waals surface area contributed by atoms with Crippen LogP contribution in [0.3, 0.4) is 0 Å². The van der Waals surface area contributed by atoms with Crippen LogP contribution in [-0.4, -0.2) is 40.8 Å². The number of hydrogen-bond donors (Lipinski definition) is 0. The smallest absolute Gasteiger partial charge is 0.203 e. The molecule has 0 bridgehead atoms. The fourth-order valence-electron chi connectivity index (χ4n) is 2.61. The number of ether oxygens (including phenoxy) is 5. The van der Waals surface area contributed by atoms with Gasteiger partial charge in [0.15, 0.2) is 28.8 Å². The van der Waals surface area contributed by atoms with Crippen molar-refractivity contribution in [3.63, 3.8) is 0 Å². The van der Waals surface area contributed by atoms with Gasteiger partial charge in [-0.25, -0.2) is 0 Å². The van der Waals surface area contributed by atoms with E-state index in [-0.39, 0.29) is 5.78 Å². The van der Waals surface area contributed by atoms with Crippen molar-refractivity contribution < 1.29 is 28.5 Å². The van der Waals surface area contributed by atoms with E-state index in [2.05, 4.69) is 15.9 Å². The third-order valence-electron chi connectivity index (χ3n) is 3.92. The number of rotatable bonds is 9. The lowest BCUT2D eigenvalue weighted by Gasteiger charge is -2.13. The van der Waals surface area contributed by atoms with Crippen LogP contribution in [0.2, 0.25) is 0 Å². The fourth-order valence-corrected chi connectivity index (χ4v) is 3.19. The van der Waals surface area contributed by atoms with Crippen LogP contribution < -0.4 is 23.7 Å². The molecule has 0 atom stereocenters. The van der Waals surface area contributed by atoms with E-state index >= 15 is 0 Å². The van der Waals surface area contributed by atoms with Crippen LogP contribution in [0.1, 0.15) is 22.8 Å². The summed E-state index contributed by atoms with van der Waals surface area (Å²) in [5.41, 5.74) is 1.20. The molecule has 0 N–H and O–H groups in total. The summed E-state index contributed by atoms with van der Waals surface area (Å²) >= 11 is 3.47. The monoisotopic (exact) mass is 450 g/mol. The van der Waals surface area contributed by atoms with Gasteiger partial charge in [-0.1, -0.05) is 6.08 Å². The van der Waals surface area contributed by atoms with Crippen LogP contribution in [0.15, 0.2) is 34.8 Å². The summed E-state index contributed by atoms with van der Waals surface area (Å²) in [7, 11) is 6.09. The lowest BCUT2D eigenvalue weighted by molar-refractivity contribution is 0.104. The molecule has 2 rings (SSSR count). The van der Waals surface area contributed by atoms with Crippen molar-refractivity contribution in [3.05, 3.63) is 45.9 Å². The Hall–Kier alpha value is -2.67. The van der Waals surface area contributed by atoms with E-state index in [4.69, 9.17) is 23.7 Å². The van der Waals surface area contributed by atoms with Crippen molar-refractivity contribution in [3.8, 4) is 28.7 Å². The minimum atomic E-state index is -0.205. The Bertz CT molecular complexity index is 850. The van der Waals surface area contributed by atoms with Crippen LogP contribution in [0, 0.1) is 0 Å². The summed E-state index contributed by atoms with van der Waals surface area (Å²) in [6.45, 7) is 2.42. The van der Waals surface area contributed by atoms with E-state index < -0.39 is 0 Å². The number of carbonyl (C=O) groups excluding carboxylic acids is 1. The Labute approximate surface area is 173 Å². The summed E-state index contributed by atoms with van der Waals surface area (Å²) < 4.78 is 27.6. The van der Waals surface area contributed by atoms with Crippen molar-refractivity contribution in [2.24, 2.45) is 0 Å². The van der Waals surface area contributed by atoms with Gasteiger partial charge in [-0.15, -0.1) is 0 Å². The Morgan fingerprint density at radius 1 is 0.893 bits per heavy atom. The van der Waals surface area contributed by atoms with Crippen LogP contribution in [-0.2, 0) is 0 Å². The standard InChI is InChI=1S/C21H23BrO6/c1-6-28-20-15(22)9-13(10-17(20)24-2)7-8-16(23)14-11-18(25-3)21(27-5)19(12-14)26-4/h7-12H,6H2,1-5H3. The molecule has 0 aliphatic carbocycles. The van der Waals surface area contributed by atoms with Gasteiger partial charge in [-0.3, -0.25) is 4.79 Å². The van der Waals surface area contributed by atoms with Gasteiger partial charge >= 0.3 is 0 Å². The van der Waals surface area contributed by atoms with E-state index in [0.717, 1.165) is 10.0 Å². The molecule has 0 amide bonds. The number of methoxy groups -OCH3 is 4. The van der Waals surface area contributed by atoms with E-state index in [1.54, 1.807) is 31.4 Å². The Morgan fingerprint density at radius 2 is 1.46 bits per heavy atom. The molecule has 7 heteroatoms. The van der Waals surface area contributed by atoms with E-state index in [0.29, 0.717) is 40.9 Å². The van der Waals surface area contributed by atoms with Gasteiger partial charge in [-0.05, 0) is 58.8 Å². The predicted octanol–water partition coefficient (Wildman–Crippen LogP) is 4.78. The van der Waals surface area contributed by atoms with E-state index in [9.17, 15) is 4.79 Å². The molecule has 28 heavy (non-hydrogen) atoms. The molecule has 0 aliphatic rings. The number of ketones is 1. The van der Waals surface area contributed by atoms with Gasteiger partial charge in [-0.2, -0.15) is 0 Å². The Kier molecular flexibility index (Phi) is 7.75. The number of benzene rings is 2. The van der Waals surface area contributed by atoms with Gasteiger partial charge in [0.25, 0.3) is 0 Å². The maximum atomic E-state index is 12.7. The second kappa shape index (κ2) is 10.0. The highest BCUT2D eigenvalue weighted by atomic mass is 79.9. The van der Waals surface area contributed by atoms with Gasteiger partial charge in [0.05, 0.1) is 39.5 Å². The topological polar surface area (TPSA) is 63.2 Å². The number of carbonyl (C=O) groups is 1. The third kappa shape index (κ3) is 4.78. The second-order valence-electron chi connectivity index (χ2n) is 5.58. The van der Waals surface area contributed by atoms with Crippen molar-refractivity contribution >= 4 is 27.8 Å². The molecule has 0 saturated heterocycles. The number of hydrogen-bond acceptors (Lipinski definition) is 6. The van der Waals surface area contributed by atoms with Gasteiger partial charge < -0.3 is 23.7 Å². The maximum absolute atomic E-state index is 12.7. The maximum Gasteiger partial charge on any atom is 0.203 e. The molecule has 2 aromatic carbocycles. The van der Waals surface area contributed by atoms with Gasteiger partial charge in [0.2, 0.25) is 5.75 Å². The largest absolute Gasteiger partial charge is 0.493 e. The van der Waals surface area contributed by atoms with Crippen LogP contribution >= 0.6 is 15.9 Å². The van der Waals surface area contributed by atoms with Crippen LogP contribution in [0.5, 0.6) is 28.7 Å². The summed E-state index contributed by atoms with van der Waals surface area (Å²) in [6, 6.07) is 6.88. The molecule has 2 aromatic rings. The molecular formula is C21H23BrO6. The lowest BCUT2D eigenvalue weighted by Crippen LogP contribution is -2.00. The highest BCUT2D eigenvalue weighted by molar-refractivity contribution is 9.10. The van der Waals surface area contributed by atoms with E-state index in [1.165, 1.54) is 27.4 Å². The van der Waals surface area contributed by atoms with E-state index in [1.807, 2.05) is 13.0 Å². The molecular weight excluding hydrogens is 428 g/mol. The Morgan fingerprint density at radius 3 is 1.96 bits per heavy atom. The van der Waals surface area contributed by atoms with Gasteiger partial charge in [0.1, 0.15) is 0 Å². The van der Waals surface area contributed by atoms with Crippen LogP contribution in [0.4, 0.5) is 0 Å². The first kappa shape index (κ1) is 21.6. The van der Waals surface area contributed by atoms with Crippen molar-refractivity contribution in [2.45, 2.75) is 6.92 Å². The summed E-state index contributed by atoms with van der Waals surface area (Å²) in [5.74, 6) is 2.27. The number of halogens is 1. The summed E-state index contributed by atoms with van der Waals surface area (Å²) in [6.07, 6.45) is 3.18. The van der Waals surface area contributed by atoms with Crippen molar-refractivity contribution in [2.75, 3.05) is 35.0 Å². The molecule has 0 heterocycles. The first-order valence-electron chi connectivity index (χ1n) is 8.51. The fraction of sp³-hybridized carbons (Fsp3) is 0.286. The lowest BCUT2D eigenvalue weighted by atomic mass is 10.1. The normalized spacial score (nSPS) is 10.6. The van der Waals surface area contributed by atoms with Crippen molar-refractivity contribution in [1.29, 1.82) is 0 Å². The highest BCUT2D eigenvalue weighted by Gasteiger charge is 2.16. The molecule has 0 unspecified atom stereocenters. The summed E-state index contributed by atoms with van der Waals surface area (Å²) in [4.78, 5) is 12.7. The zero-order valence-corrected chi connectivity index (χ0v) is 18.1. The number of allylic oxidation sites excluding steroid dienone is 1. The quantitative estimate of drug-likeness (QED) is 0.404. The molecule has 0 aromatic heterocycles. The molecule has 0 fully saturated rings. The van der Waals surface area contributed by atoms with Crippen molar-refractivity contribution in [1.82, 2.24) is 0 Å². The highest BCUT2D eigenvalue weighted by Crippen LogP contribution is 2.39. The molecule has 0 radical (unpaired) electrons. The average molecular weight is 451 g/mol. The zero-order valence-electron chi connectivity index (χ0n) is 16.5. The molecule has 0 spiro atoms. The minimum Gasteiger partial charge on any atom is -0.493 e. The predicted molar refractivity (Wildman–Crippen MR) is 111 cm³/mol. The minimum absolute atomic E-state index is 0.205.